The molecule has 5 nitrogen and oxygen atoms in total. The number of ether oxygens (including phenoxy) is 1. The maximum Gasteiger partial charge on any atom is 0.186 e. The molecule has 5 heteroatoms. The lowest BCUT2D eigenvalue weighted by molar-refractivity contribution is 0.0329. The number of rotatable bonds is 3. The molecule has 0 atom stereocenters. The van der Waals surface area contributed by atoms with E-state index in [9.17, 15) is 0 Å². The molecule has 96 valence electrons. The molecule has 2 aromatic rings. The lowest BCUT2D eigenvalue weighted by Gasteiger charge is -2.35. The minimum absolute atomic E-state index is 0.323. The summed E-state index contributed by atoms with van der Waals surface area (Å²) in [6.45, 7) is 0. The average molecular weight is 254 g/mol. The van der Waals surface area contributed by atoms with E-state index in [2.05, 4.69) is 21.6 Å². The van der Waals surface area contributed by atoms with Crippen molar-refractivity contribution in [3.8, 4) is 6.07 Å². The summed E-state index contributed by atoms with van der Waals surface area (Å²) in [6.07, 6.45) is 2.24. The minimum atomic E-state index is 0.323. The summed E-state index contributed by atoms with van der Waals surface area (Å²) in [5.74, 6) is 0. The summed E-state index contributed by atoms with van der Waals surface area (Å²) in [5.41, 5.74) is 1.93. The van der Waals surface area contributed by atoms with Crippen LogP contribution in [0, 0.1) is 11.3 Å². The minimum Gasteiger partial charge on any atom is -0.381 e. The van der Waals surface area contributed by atoms with E-state index in [1.807, 2.05) is 24.3 Å². The van der Waals surface area contributed by atoms with E-state index in [1.54, 1.807) is 7.11 Å². The number of anilines is 1. The molecule has 1 aliphatic rings. The van der Waals surface area contributed by atoms with Gasteiger partial charge in [0, 0.05) is 18.5 Å². The van der Waals surface area contributed by atoms with Crippen molar-refractivity contribution in [1.82, 2.24) is 10.2 Å². The quantitative estimate of drug-likeness (QED) is 0.908. The first-order valence-electron chi connectivity index (χ1n) is 6.26. The van der Waals surface area contributed by atoms with Crippen LogP contribution in [0.5, 0.6) is 0 Å². The van der Waals surface area contributed by atoms with Crippen molar-refractivity contribution in [1.29, 1.82) is 5.26 Å². The summed E-state index contributed by atoms with van der Waals surface area (Å²) in [7, 11) is 1.73. The maximum atomic E-state index is 9.16. The van der Waals surface area contributed by atoms with Crippen molar-refractivity contribution in [2.24, 2.45) is 0 Å². The smallest absolute Gasteiger partial charge is 0.186 e. The van der Waals surface area contributed by atoms with Gasteiger partial charge in [-0.2, -0.15) is 5.26 Å². The maximum absolute atomic E-state index is 9.16. The van der Waals surface area contributed by atoms with Crippen molar-refractivity contribution < 1.29 is 4.74 Å². The molecule has 1 aliphatic carbocycles. The summed E-state index contributed by atoms with van der Waals surface area (Å²) in [4.78, 5) is 0. The molecule has 1 heterocycles. The Hall–Kier alpha value is -2.19. The van der Waals surface area contributed by atoms with Gasteiger partial charge >= 0.3 is 0 Å². The fraction of sp³-hybridized carbons (Fsp3) is 0.357. The van der Waals surface area contributed by atoms with Gasteiger partial charge < -0.3 is 10.1 Å². The zero-order chi connectivity index (χ0) is 13.2. The van der Waals surface area contributed by atoms with E-state index in [0.717, 1.165) is 29.4 Å². The lowest BCUT2D eigenvalue weighted by atomic mass is 9.89. The van der Waals surface area contributed by atoms with Crippen LogP contribution in [0.3, 0.4) is 0 Å². The number of benzene rings is 1. The van der Waals surface area contributed by atoms with Gasteiger partial charge in [0.15, 0.2) is 5.69 Å². The summed E-state index contributed by atoms with van der Waals surface area (Å²) in [6, 6.07) is 10.1. The van der Waals surface area contributed by atoms with E-state index in [-0.39, 0.29) is 0 Å². The van der Waals surface area contributed by atoms with Crippen LogP contribution in [-0.4, -0.2) is 29.5 Å². The van der Waals surface area contributed by atoms with Crippen molar-refractivity contribution in [3.63, 3.8) is 0 Å². The van der Waals surface area contributed by atoms with Crippen LogP contribution < -0.4 is 5.32 Å². The lowest BCUT2D eigenvalue weighted by Crippen LogP contribution is -2.40. The van der Waals surface area contributed by atoms with Gasteiger partial charge in [0.2, 0.25) is 0 Å². The van der Waals surface area contributed by atoms with Crippen molar-refractivity contribution >= 4 is 16.6 Å². The van der Waals surface area contributed by atoms with E-state index in [1.165, 1.54) is 0 Å². The van der Waals surface area contributed by atoms with E-state index in [4.69, 9.17) is 10.00 Å². The van der Waals surface area contributed by atoms with Crippen LogP contribution in [0.2, 0.25) is 0 Å². The number of fused-ring (bicyclic) bond motifs is 1. The van der Waals surface area contributed by atoms with Gasteiger partial charge in [-0.15, -0.1) is 10.2 Å². The second kappa shape index (κ2) is 4.82. The molecular weight excluding hydrogens is 240 g/mol. The molecule has 1 saturated carbocycles. The molecule has 1 aromatic heterocycles. The van der Waals surface area contributed by atoms with Gasteiger partial charge in [0.05, 0.1) is 17.3 Å². The second-order valence-corrected chi connectivity index (χ2v) is 4.72. The second-order valence-electron chi connectivity index (χ2n) is 4.72. The van der Waals surface area contributed by atoms with Gasteiger partial charge in [0.25, 0.3) is 0 Å². The van der Waals surface area contributed by atoms with Crippen LogP contribution >= 0.6 is 0 Å². The summed E-state index contributed by atoms with van der Waals surface area (Å²) in [5, 5.41) is 21.5. The Morgan fingerprint density at radius 3 is 2.84 bits per heavy atom. The molecule has 0 bridgehead atoms. The third-order valence-electron chi connectivity index (χ3n) is 3.55. The fourth-order valence-electron chi connectivity index (χ4n) is 2.36. The highest BCUT2D eigenvalue weighted by atomic mass is 16.5. The number of aromatic nitrogens is 2. The molecule has 0 saturated heterocycles. The Kier molecular flexibility index (Phi) is 3.02. The van der Waals surface area contributed by atoms with Gasteiger partial charge in [-0.05, 0) is 18.9 Å². The molecule has 1 N–H and O–H groups in total. The van der Waals surface area contributed by atoms with Crippen LogP contribution in [0.4, 0.5) is 5.69 Å². The molecule has 0 unspecified atom stereocenters. The highest BCUT2D eigenvalue weighted by Gasteiger charge is 2.30. The molecular formula is C14H14N4O. The van der Waals surface area contributed by atoms with Gasteiger partial charge in [0.1, 0.15) is 6.07 Å². The molecule has 19 heavy (non-hydrogen) atoms. The molecule has 0 aliphatic heterocycles. The number of nitrogens with zero attached hydrogens (tertiary/aromatic N) is 3. The Balaban J connectivity index is 1.95. The number of hydrogen-bond acceptors (Lipinski definition) is 5. The number of nitriles is 1. The molecule has 3 rings (SSSR count). The fourth-order valence-corrected chi connectivity index (χ4v) is 2.36. The number of hydrogen-bond donors (Lipinski definition) is 1. The summed E-state index contributed by atoms with van der Waals surface area (Å²) < 4.78 is 5.27. The summed E-state index contributed by atoms with van der Waals surface area (Å²) >= 11 is 0. The normalized spacial score (nSPS) is 21.7. The van der Waals surface area contributed by atoms with Crippen LogP contribution in [0.15, 0.2) is 24.3 Å². The van der Waals surface area contributed by atoms with Crippen molar-refractivity contribution in [2.75, 3.05) is 12.4 Å². The first kappa shape index (κ1) is 11.9. The standard InChI is InChI=1S/C14H14N4O/c1-19-10-6-9(7-10)16-14-11-4-2-3-5-12(11)17-18-13(14)8-15/h2-5,9-10H,6-7H2,1H3,(H,16,17). The largest absolute Gasteiger partial charge is 0.381 e. The van der Waals surface area contributed by atoms with Gasteiger partial charge in [-0.1, -0.05) is 18.2 Å². The molecule has 0 amide bonds. The zero-order valence-corrected chi connectivity index (χ0v) is 10.6. The Morgan fingerprint density at radius 1 is 1.32 bits per heavy atom. The average Bonchev–Trinajstić information content (AvgIpc) is 2.42. The number of methoxy groups -OCH3 is 1. The predicted octanol–water partition coefficient (Wildman–Crippen LogP) is 2.09. The topological polar surface area (TPSA) is 70.8 Å². The highest BCUT2D eigenvalue weighted by Crippen LogP contribution is 2.30. The SMILES string of the molecule is COC1CC(Nc2c(C#N)nnc3ccccc23)C1. The Morgan fingerprint density at radius 2 is 2.11 bits per heavy atom. The van der Waals surface area contributed by atoms with Crippen LogP contribution in [-0.2, 0) is 4.74 Å². The first-order chi connectivity index (χ1) is 9.31. The van der Waals surface area contributed by atoms with Gasteiger partial charge in [-0.3, -0.25) is 0 Å². The third kappa shape index (κ3) is 2.11. The van der Waals surface area contributed by atoms with Crippen LogP contribution in [0.1, 0.15) is 18.5 Å². The van der Waals surface area contributed by atoms with Crippen molar-refractivity contribution in [2.45, 2.75) is 25.0 Å². The molecule has 1 aromatic carbocycles. The van der Waals surface area contributed by atoms with E-state index < -0.39 is 0 Å². The molecule has 1 fully saturated rings. The van der Waals surface area contributed by atoms with Gasteiger partial charge in [-0.25, -0.2) is 0 Å². The van der Waals surface area contributed by atoms with Crippen molar-refractivity contribution in [3.05, 3.63) is 30.0 Å². The Bertz CT molecular complexity index is 643. The van der Waals surface area contributed by atoms with E-state index in [0.29, 0.717) is 17.8 Å². The third-order valence-corrected chi connectivity index (χ3v) is 3.55. The Labute approximate surface area is 111 Å². The van der Waals surface area contributed by atoms with Crippen LogP contribution in [0.25, 0.3) is 10.9 Å². The molecule has 0 spiro atoms. The first-order valence-corrected chi connectivity index (χ1v) is 6.26. The number of nitrogens with one attached hydrogen (secondary N) is 1. The molecule has 0 radical (unpaired) electrons. The van der Waals surface area contributed by atoms with E-state index >= 15 is 0 Å². The monoisotopic (exact) mass is 254 g/mol. The highest BCUT2D eigenvalue weighted by molar-refractivity contribution is 5.92. The predicted molar refractivity (Wildman–Crippen MR) is 71.7 cm³/mol. The zero-order valence-electron chi connectivity index (χ0n) is 10.6.